The van der Waals surface area contributed by atoms with Crippen LogP contribution >= 0.6 is 11.8 Å². The Hall–Kier alpha value is -5.90. The van der Waals surface area contributed by atoms with Crippen LogP contribution in [-0.4, -0.2) is 129 Å². The number of aliphatic carboxylic acids is 2. The number of carboxylic acid groups (broad SMARTS) is 2. The third-order valence-corrected chi connectivity index (χ3v) is 8.43. The van der Waals surface area contributed by atoms with Crippen LogP contribution in [0.3, 0.4) is 0 Å². The normalized spacial score (nSPS) is 15.9. The molecule has 2 aromatic rings. The van der Waals surface area contributed by atoms with Crippen molar-refractivity contribution in [3.63, 3.8) is 0 Å². The lowest BCUT2D eigenvalue weighted by Gasteiger charge is -2.23. The number of aliphatic hydroxyl groups is 1. The van der Waals surface area contributed by atoms with Gasteiger partial charge in [0, 0.05) is 35.8 Å². The molecule has 3 rings (SSSR count). The van der Waals surface area contributed by atoms with Crippen LogP contribution in [0.15, 0.2) is 35.5 Å². The number of H-pyrrole nitrogens is 1. The van der Waals surface area contributed by atoms with Crippen molar-refractivity contribution in [2.24, 2.45) is 16.5 Å². The highest BCUT2D eigenvalue weighted by Crippen LogP contribution is 2.19. The summed E-state index contributed by atoms with van der Waals surface area (Å²) in [6.07, 6.45) is 0.551. The van der Waals surface area contributed by atoms with E-state index in [1.165, 1.54) is 0 Å². The van der Waals surface area contributed by atoms with E-state index in [9.17, 15) is 53.7 Å². The minimum atomic E-state index is -1.74. The van der Waals surface area contributed by atoms with Crippen molar-refractivity contribution in [2.45, 2.75) is 55.9 Å². The number of nitrogens with one attached hydrogen (secondary N) is 7. The van der Waals surface area contributed by atoms with Gasteiger partial charge >= 0.3 is 11.9 Å². The molecule has 1 aliphatic heterocycles. The number of nitrogens with zero attached hydrogens (tertiary/aromatic N) is 1. The van der Waals surface area contributed by atoms with Gasteiger partial charge in [0.15, 0.2) is 5.96 Å². The first kappa shape index (κ1) is 40.5. The van der Waals surface area contributed by atoms with Crippen molar-refractivity contribution in [1.82, 2.24) is 36.9 Å². The fourth-order valence-corrected chi connectivity index (χ4v) is 5.73. The molecule has 1 aliphatic rings. The summed E-state index contributed by atoms with van der Waals surface area (Å²) in [6.45, 7) is -1.63. The summed E-state index contributed by atoms with van der Waals surface area (Å²) in [5.74, 6) is -7.80. The Balaban J connectivity index is 1.63. The molecule has 282 valence electrons. The van der Waals surface area contributed by atoms with Gasteiger partial charge in [-0.25, -0.2) is 4.79 Å². The molecule has 0 bridgehead atoms. The number of aliphatic imine (C=N–C) groups is 1. The van der Waals surface area contributed by atoms with E-state index in [2.05, 4.69) is 41.9 Å². The van der Waals surface area contributed by atoms with Gasteiger partial charge in [-0.05, 0) is 24.5 Å². The maximum atomic E-state index is 13.1. The maximum absolute atomic E-state index is 13.1. The molecule has 22 heteroatoms. The Morgan fingerprint density at radius 3 is 2.25 bits per heavy atom. The first-order valence-corrected chi connectivity index (χ1v) is 16.7. The van der Waals surface area contributed by atoms with Crippen molar-refractivity contribution < 1.29 is 53.7 Å². The van der Waals surface area contributed by atoms with Gasteiger partial charge in [0.2, 0.25) is 29.5 Å². The van der Waals surface area contributed by atoms with Crippen LogP contribution in [-0.2, 0) is 40.0 Å². The minimum absolute atomic E-state index is 0.0469. The first-order valence-electron chi connectivity index (χ1n) is 15.8. The van der Waals surface area contributed by atoms with Crippen molar-refractivity contribution >= 4 is 75.3 Å². The average molecular weight is 749 g/mol. The summed E-state index contributed by atoms with van der Waals surface area (Å²) in [4.78, 5) is 106. The monoisotopic (exact) mass is 748 g/mol. The number of carboxylic acids is 2. The van der Waals surface area contributed by atoms with E-state index in [4.69, 9.17) is 11.5 Å². The number of hydrogen-bond acceptors (Lipinski definition) is 11. The highest BCUT2D eigenvalue weighted by Gasteiger charge is 2.33. The van der Waals surface area contributed by atoms with E-state index in [-0.39, 0.29) is 37.5 Å². The molecule has 1 fully saturated rings. The fourth-order valence-electron chi connectivity index (χ4n) is 4.95. The van der Waals surface area contributed by atoms with Crippen LogP contribution in [0.1, 0.15) is 24.8 Å². The lowest BCUT2D eigenvalue weighted by molar-refractivity contribution is -0.143. The lowest BCUT2D eigenvalue weighted by atomic mass is 10.0. The van der Waals surface area contributed by atoms with Crippen molar-refractivity contribution in [1.29, 1.82) is 0 Å². The standard InChI is InChI=1S/C30H40N10O11S/c31-29(32)33-7-3-6-17(37-26(47)20(12-41)39-27(48)21-13-52-30(51)40-21)24(45)35-11-22(42)36-18(9-23(43)44)25(46)38-19(28(49)50)8-14-10-34-16-5-2-1-4-15(14)16/h1-2,4-5,10,17-21,34,41H,3,6-9,11-13H2,(H,35,45)(H,36,42)(H,37,47)(H,38,46)(H,39,48)(H,40,51)(H,43,44)(H,49,50)(H4,31,32,33)/t17-,18-,19-,20-,21-/m0/s1. The van der Waals surface area contributed by atoms with Gasteiger partial charge in [-0.1, -0.05) is 30.0 Å². The summed E-state index contributed by atoms with van der Waals surface area (Å²) in [5, 5.41) is 42.9. The van der Waals surface area contributed by atoms with Crippen LogP contribution in [0.25, 0.3) is 10.9 Å². The number of aromatic nitrogens is 1. The van der Waals surface area contributed by atoms with Crippen LogP contribution in [0.4, 0.5) is 4.79 Å². The Morgan fingerprint density at radius 2 is 1.62 bits per heavy atom. The number of para-hydroxylation sites is 1. The number of rotatable bonds is 20. The van der Waals surface area contributed by atoms with Crippen LogP contribution in [0, 0.1) is 0 Å². The Bertz CT molecular complexity index is 1700. The number of hydrogen-bond donors (Lipinski definition) is 12. The van der Waals surface area contributed by atoms with Gasteiger partial charge in [-0.2, -0.15) is 0 Å². The zero-order chi connectivity index (χ0) is 38.4. The number of nitrogens with two attached hydrogens (primary N) is 2. The van der Waals surface area contributed by atoms with Crippen molar-refractivity contribution in [3.05, 3.63) is 36.0 Å². The summed E-state index contributed by atoms with van der Waals surface area (Å²) in [6, 6.07) is 0.000624. The number of aromatic amines is 1. The molecule has 0 radical (unpaired) electrons. The van der Waals surface area contributed by atoms with Gasteiger partial charge in [0.05, 0.1) is 19.6 Å². The molecule has 5 atom stereocenters. The van der Waals surface area contributed by atoms with E-state index in [0.717, 1.165) is 22.7 Å². The quantitative estimate of drug-likeness (QED) is 0.0351. The van der Waals surface area contributed by atoms with E-state index >= 15 is 0 Å². The molecule has 1 saturated heterocycles. The molecule has 6 amide bonds. The molecule has 0 spiro atoms. The highest BCUT2D eigenvalue weighted by atomic mass is 32.2. The Morgan fingerprint density at radius 1 is 0.923 bits per heavy atom. The predicted molar refractivity (Wildman–Crippen MR) is 184 cm³/mol. The molecule has 0 unspecified atom stereocenters. The van der Waals surface area contributed by atoms with Crippen molar-refractivity contribution in [3.8, 4) is 0 Å². The van der Waals surface area contributed by atoms with E-state index in [1.54, 1.807) is 30.5 Å². The molecular formula is C30H40N10O11S. The highest BCUT2D eigenvalue weighted by molar-refractivity contribution is 8.14. The minimum Gasteiger partial charge on any atom is -0.481 e. The summed E-state index contributed by atoms with van der Waals surface area (Å²) in [5.41, 5.74) is 11.9. The third-order valence-electron chi connectivity index (χ3n) is 7.55. The van der Waals surface area contributed by atoms with Gasteiger partial charge in [-0.15, -0.1) is 0 Å². The number of carbonyl (C=O) groups excluding carboxylic acids is 6. The zero-order valence-electron chi connectivity index (χ0n) is 27.5. The molecule has 0 saturated carbocycles. The van der Waals surface area contributed by atoms with Gasteiger partial charge in [0.25, 0.3) is 5.24 Å². The number of fused-ring (bicyclic) bond motifs is 1. The summed E-state index contributed by atoms with van der Waals surface area (Å²) >= 11 is 0.860. The second-order valence-corrected chi connectivity index (χ2v) is 12.4. The topological polar surface area (TPSA) is 350 Å². The number of carbonyl (C=O) groups is 8. The van der Waals surface area contributed by atoms with Crippen LogP contribution < -0.4 is 43.4 Å². The van der Waals surface area contributed by atoms with Gasteiger partial charge in [-0.3, -0.25) is 38.6 Å². The lowest BCUT2D eigenvalue weighted by Crippen LogP contribution is -2.58. The molecular weight excluding hydrogens is 708 g/mol. The van der Waals surface area contributed by atoms with Crippen LogP contribution in [0.5, 0.6) is 0 Å². The van der Waals surface area contributed by atoms with Crippen molar-refractivity contribution in [2.75, 3.05) is 25.4 Å². The molecule has 21 nitrogen and oxygen atoms in total. The largest absolute Gasteiger partial charge is 0.481 e. The van der Waals surface area contributed by atoms with Crippen LogP contribution in [0.2, 0.25) is 0 Å². The summed E-state index contributed by atoms with van der Waals surface area (Å²) in [7, 11) is 0. The fraction of sp³-hybridized carbons (Fsp3) is 0.433. The molecule has 52 heavy (non-hydrogen) atoms. The molecule has 0 aliphatic carbocycles. The third kappa shape index (κ3) is 12.5. The second kappa shape index (κ2) is 19.5. The smallest absolute Gasteiger partial charge is 0.326 e. The zero-order valence-corrected chi connectivity index (χ0v) is 28.4. The summed E-state index contributed by atoms with van der Waals surface area (Å²) < 4.78 is 0. The maximum Gasteiger partial charge on any atom is 0.326 e. The molecule has 1 aromatic heterocycles. The number of guanidine groups is 1. The first-order chi connectivity index (χ1) is 24.7. The number of benzene rings is 1. The number of thioether (sulfide) groups is 1. The molecule has 2 heterocycles. The Labute approximate surface area is 299 Å². The average Bonchev–Trinajstić information content (AvgIpc) is 3.72. The molecule has 14 N–H and O–H groups in total. The van der Waals surface area contributed by atoms with E-state index in [1.807, 2.05) is 0 Å². The predicted octanol–water partition coefficient (Wildman–Crippen LogP) is -3.80. The Kier molecular flexibility index (Phi) is 15.2. The van der Waals surface area contributed by atoms with Gasteiger partial charge in [0.1, 0.15) is 30.2 Å². The van der Waals surface area contributed by atoms with E-state index < -0.39 is 96.5 Å². The number of aliphatic hydroxyl groups excluding tert-OH is 1. The van der Waals surface area contributed by atoms with Gasteiger partial charge < -0.3 is 63.7 Å². The van der Waals surface area contributed by atoms with E-state index in [0.29, 0.717) is 5.56 Å². The molecule has 1 aromatic carbocycles. The number of amides is 6. The SMILES string of the molecule is NC(N)=NCCC[C@H](NC(=O)[C@H](CO)NC(=O)[C@@H]1CSC(=O)N1)C(=O)NCC(=O)N[C@@H](CC(=O)O)C(=O)N[C@@H](Cc1c[nH]c2ccccc12)C(=O)O. The second-order valence-electron chi connectivity index (χ2n) is 11.4.